The molecule has 0 aromatic heterocycles. The first-order valence-electron chi connectivity index (χ1n) is 31.9. The van der Waals surface area contributed by atoms with Crippen LogP contribution < -0.4 is 26.0 Å². The van der Waals surface area contributed by atoms with Crippen molar-refractivity contribution in [3.63, 3.8) is 0 Å². The molecule has 0 radical (unpaired) electrons. The molecular weight excluding hydrogens is 1070 g/mol. The molecule has 12 aromatic carbocycles. The Morgan fingerprint density at radius 1 is 0.348 bits per heavy atom. The second-order valence-corrected chi connectivity index (χ2v) is 28.4. The Balaban J connectivity index is 1.02. The van der Waals surface area contributed by atoms with Crippen molar-refractivity contribution in [3.8, 4) is 67.1 Å². The van der Waals surface area contributed by atoms with E-state index >= 15 is 0 Å². The number of hydrogen-bond donors (Lipinski definition) is 0. The summed E-state index contributed by atoms with van der Waals surface area (Å²) in [4.78, 5) is 2.65. The van der Waals surface area contributed by atoms with E-state index < -0.39 is 5.41 Å². The van der Waals surface area contributed by atoms with E-state index in [9.17, 15) is 0 Å². The molecule has 2 aliphatic carbocycles. The molecule has 89 heavy (non-hydrogen) atoms. The van der Waals surface area contributed by atoms with Gasteiger partial charge in [-0.1, -0.05) is 293 Å². The molecule has 430 valence electrons. The Bertz CT molecular complexity index is 4640. The molecule has 0 bridgehead atoms. The number of fused-ring (bicyclic) bond motifs is 10. The number of benzene rings is 12. The molecular formula is C86H72BNO. The van der Waals surface area contributed by atoms with E-state index in [1.165, 1.54) is 100 Å². The molecule has 0 N–H and O–H groups in total. The predicted molar refractivity (Wildman–Crippen MR) is 375 cm³/mol. The highest BCUT2D eigenvalue weighted by molar-refractivity contribution is 6.99. The van der Waals surface area contributed by atoms with Crippen LogP contribution in [0.4, 0.5) is 17.1 Å². The van der Waals surface area contributed by atoms with Crippen LogP contribution in [0.5, 0.6) is 11.5 Å². The van der Waals surface area contributed by atoms with Crippen LogP contribution in [0.25, 0.3) is 55.6 Å². The highest BCUT2D eigenvalue weighted by Gasteiger charge is 2.50. The first-order chi connectivity index (χ1) is 43.0. The lowest BCUT2D eigenvalue weighted by atomic mass is 9.34. The Morgan fingerprint density at radius 2 is 0.843 bits per heavy atom. The molecule has 0 unspecified atom stereocenters. The van der Waals surface area contributed by atoms with E-state index in [4.69, 9.17) is 4.74 Å². The van der Waals surface area contributed by atoms with Crippen molar-refractivity contribution < 1.29 is 4.74 Å². The molecule has 0 saturated heterocycles. The van der Waals surface area contributed by atoms with E-state index in [1.54, 1.807) is 0 Å². The molecule has 2 heterocycles. The minimum Gasteiger partial charge on any atom is -0.458 e. The average molecular weight is 1150 g/mol. The van der Waals surface area contributed by atoms with E-state index in [1.807, 2.05) is 0 Å². The van der Waals surface area contributed by atoms with Crippen LogP contribution in [-0.2, 0) is 21.7 Å². The van der Waals surface area contributed by atoms with Crippen LogP contribution >= 0.6 is 0 Å². The van der Waals surface area contributed by atoms with Gasteiger partial charge >= 0.3 is 0 Å². The minimum absolute atomic E-state index is 0.00420. The summed E-state index contributed by atoms with van der Waals surface area (Å²) in [5.74, 6) is 1.78. The average Bonchev–Trinajstić information content (AvgIpc) is 1.69. The van der Waals surface area contributed by atoms with Crippen molar-refractivity contribution in [1.82, 2.24) is 0 Å². The molecule has 2 aliphatic heterocycles. The summed E-state index contributed by atoms with van der Waals surface area (Å²) in [6.07, 6.45) is 0. The Morgan fingerprint density at radius 3 is 1.38 bits per heavy atom. The van der Waals surface area contributed by atoms with Gasteiger partial charge in [0.1, 0.15) is 11.5 Å². The number of hydrogen-bond acceptors (Lipinski definition) is 2. The lowest BCUT2D eigenvalue weighted by molar-refractivity contribution is 0.485. The second kappa shape index (κ2) is 20.2. The molecule has 0 spiro atoms. The Labute approximate surface area is 526 Å². The molecule has 12 aromatic rings. The van der Waals surface area contributed by atoms with Gasteiger partial charge in [0, 0.05) is 28.4 Å². The summed E-state index contributed by atoms with van der Waals surface area (Å²) in [5.41, 5.74) is 31.0. The normalized spacial score (nSPS) is 14.2. The zero-order valence-electron chi connectivity index (χ0n) is 52.4. The van der Waals surface area contributed by atoms with Crippen LogP contribution in [0.15, 0.2) is 267 Å². The van der Waals surface area contributed by atoms with Crippen molar-refractivity contribution in [1.29, 1.82) is 0 Å². The van der Waals surface area contributed by atoms with Crippen LogP contribution in [-0.4, -0.2) is 6.71 Å². The maximum Gasteiger partial charge on any atom is 0.256 e. The molecule has 0 amide bonds. The number of anilines is 3. The summed E-state index contributed by atoms with van der Waals surface area (Å²) in [5, 5.41) is 0. The van der Waals surface area contributed by atoms with Crippen molar-refractivity contribution in [2.75, 3.05) is 4.90 Å². The number of ether oxygens (including phenoxy) is 1. The van der Waals surface area contributed by atoms with Gasteiger partial charge in [0.25, 0.3) is 6.71 Å². The van der Waals surface area contributed by atoms with Gasteiger partial charge in [0.2, 0.25) is 0 Å². The van der Waals surface area contributed by atoms with Gasteiger partial charge in [-0.2, -0.15) is 0 Å². The molecule has 0 atom stereocenters. The van der Waals surface area contributed by atoms with Crippen LogP contribution in [0.3, 0.4) is 0 Å². The van der Waals surface area contributed by atoms with Crippen molar-refractivity contribution >= 4 is 40.2 Å². The fourth-order valence-electron chi connectivity index (χ4n) is 15.5. The van der Waals surface area contributed by atoms with Crippen LogP contribution in [0.2, 0.25) is 0 Å². The van der Waals surface area contributed by atoms with E-state index in [0.717, 1.165) is 56.2 Å². The zero-order chi connectivity index (χ0) is 60.7. The zero-order valence-corrected chi connectivity index (χ0v) is 52.4. The molecule has 4 aliphatic rings. The maximum atomic E-state index is 7.97. The monoisotopic (exact) mass is 1150 g/mol. The predicted octanol–water partition coefficient (Wildman–Crippen LogP) is 20.5. The topological polar surface area (TPSA) is 12.5 Å². The Kier molecular flexibility index (Phi) is 12.4. The van der Waals surface area contributed by atoms with Gasteiger partial charge in [-0.15, -0.1) is 0 Å². The van der Waals surface area contributed by atoms with E-state index in [2.05, 4.69) is 334 Å². The lowest BCUT2D eigenvalue weighted by Gasteiger charge is -2.43. The second-order valence-electron chi connectivity index (χ2n) is 28.4. The third-order valence-electron chi connectivity index (χ3n) is 20.0. The summed E-state index contributed by atoms with van der Waals surface area (Å²) < 4.78 is 7.97. The summed E-state index contributed by atoms with van der Waals surface area (Å²) in [6, 6.07) is 102. The Hall–Kier alpha value is -9.70. The summed E-state index contributed by atoms with van der Waals surface area (Å²) >= 11 is 0. The number of nitrogens with zero attached hydrogens (tertiary/aromatic N) is 1. The largest absolute Gasteiger partial charge is 0.458 e. The fourth-order valence-corrected chi connectivity index (χ4v) is 15.5. The van der Waals surface area contributed by atoms with Gasteiger partial charge in [0.05, 0.1) is 11.1 Å². The minimum atomic E-state index is -0.722. The summed E-state index contributed by atoms with van der Waals surface area (Å²) in [7, 11) is 0. The SMILES string of the molecule is CC(C)(C)c1ccc2c(c1)-c1cc(C(C)(C)C)ccc1C2c1ccc2c(c1)Oc1cc(C3(c4ccccc4)c4ccccc4-c4ccccc43)cc3c1B2c1cc(-c2ccccc2)ccc1N3c1c(-c2ccccc2)cc(C(C)(C)C)cc1-c1ccccc1. The van der Waals surface area contributed by atoms with Crippen molar-refractivity contribution in [2.45, 2.75) is 89.9 Å². The van der Waals surface area contributed by atoms with Crippen LogP contribution in [0, 0.1) is 0 Å². The highest BCUT2D eigenvalue weighted by Crippen LogP contribution is 2.59. The third-order valence-corrected chi connectivity index (χ3v) is 20.0. The van der Waals surface area contributed by atoms with Gasteiger partial charge in [-0.05, 0) is 169 Å². The van der Waals surface area contributed by atoms with E-state index in [0.29, 0.717) is 0 Å². The van der Waals surface area contributed by atoms with Crippen molar-refractivity contribution in [3.05, 3.63) is 323 Å². The molecule has 3 heteroatoms. The van der Waals surface area contributed by atoms with Gasteiger partial charge in [-0.3, -0.25) is 0 Å². The smallest absolute Gasteiger partial charge is 0.256 e. The molecule has 0 fully saturated rings. The van der Waals surface area contributed by atoms with Crippen molar-refractivity contribution in [2.24, 2.45) is 0 Å². The van der Waals surface area contributed by atoms with E-state index in [-0.39, 0.29) is 28.9 Å². The number of rotatable bonds is 7. The van der Waals surface area contributed by atoms with Gasteiger partial charge in [-0.25, -0.2) is 0 Å². The third kappa shape index (κ3) is 8.60. The quantitative estimate of drug-likeness (QED) is 0.148. The summed E-state index contributed by atoms with van der Waals surface area (Å²) in [6.45, 7) is 20.8. The van der Waals surface area contributed by atoms with Crippen LogP contribution in [0.1, 0.15) is 124 Å². The van der Waals surface area contributed by atoms with Gasteiger partial charge in [0.15, 0.2) is 0 Å². The first-order valence-corrected chi connectivity index (χ1v) is 31.9. The lowest BCUT2D eigenvalue weighted by Crippen LogP contribution is -2.59. The van der Waals surface area contributed by atoms with Gasteiger partial charge < -0.3 is 9.64 Å². The standard InChI is InChI=1S/C86H72BNO/c1-83(2,3)60-40-42-66-70(48-60)71-49-61(84(4,5)6)41-43-67(71)80(66)58-38-44-74-78(47-58)89-79-53-63(86(59-32-20-13-21-33-59)72-36-24-22-34-64(72)65-35-23-25-37-73(65)86)52-77-81(79)87(74)75-46-57(54-26-14-10-15-27-54)39-45-76(75)88(77)82-68(55-28-16-11-17-29-55)50-62(85(7,8)9)51-69(82)56-30-18-12-19-31-56/h10-53,80H,1-9H3. The molecule has 16 rings (SSSR count). The fraction of sp³-hybridized carbons (Fsp3) is 0.163. The first kappa shape index (κ1) is 54.7. The molecule has 0 saturated carbocycles. The molecule has 2 nitrogen and oxygen atoms in total. The highest BCUT2D eigenvalue weighted by atomic mass is 16.5. The maximum absolute atomic E-state index is 7.97.